The predicted octanol–water partition coefficient (Wildman–Crippen LogP) is 3.72. The van der Waals surface area contributed by atoms with Gasteiger partial charge >= 0.3 is 5.97 Å². The summed E-state index contributed by atoms with van der Waals surface area (Å²) in [4.78, 5) is 29.4. The fraction of sp³-hybridized carbons (Fsp3) is 0.286. The Morgan fingerprint density at radius 1 is 1.14 bits per heavy atom. The van der Waals surface area contributed by atoms with Crippen molar-refractivity contribution < 1.29 is 19.1 Å². The number of anilines is 1. The third-order valence-corrected chi connectivity index (χ3v) is 4.27. The van der Waals surface area contributed by atoms with Gasteiger partial charge in [0.15, 0.2) is 11.4 Å². The van der Waals surface area contributed by atoms with Gasteiger partial charge in [-0.25, -0.2) is 9.78 Å². The number of ether oxygens (including phenoxy) is 2. The van der Waals surface area contributed by atoms with Gasteiger partial charge in [0.05, 0.1) is 25.0 Å². The van der Waals surface area contributed by atoms with E-state index in [1.165, 1.54) is 0 Å². The highest BCUT2D eigenvalue weighted by Gasteiger charge is 2.20. The molecule has 0 unspecified atom stereocenters. The van der Waals surface area contributed by atoms with Crippen molar-refractivity contribution in [3.63, 3.8) is 0 Å². The van der Waals surface area contributed by atoms with Gasteiger partial charge in [0.25, 0.3) is 5.91 Å². The van der Waals surface area contributed by atoms with E-state index < -0.39 is 0 Å². The van der Waals surface area contributed by atoms with E-state index >= 15 is 0 Å². The molecule has 0 aliphatic rings. The maximum absolute atomic E-state index is 12.9. The molecular formula is C21H23N3O4. The molecule has 28 heavy (non-hydrogen) atoms. The number of hydrogen-bond acceptors (Lipinski definition) is 5. The van der Waals surface area contributed by atoms with Crippen LogP contribution >= 0.6 is 0 Å². The molecule has 7 nitrogen and oxygen atoms in total. The van der Waals surface area contributed by atoms with Crippen molar-refractivity contribution in [1.29, 1.82) is 0 Å². The van der Waals surface area contributed by atoms with E-state index in [1.807, 2.05) is 13.8 Å². The number of benzene rings is 1. The SMILES string of the molecule is CCCOC(=O)c1ccc(NC(=O)c2c(CC)nc3c(OC)cccn23)cc1. The van der Waals surface area contributed by atoms with Crippen LogP contribution in [0.2, 0.25) is 0 Å². The topological polar surface area (TPSA) is 81.9 Å². The van der Waals surface area contributed by atoms with Crippen LogP contribution in [-0.2, 0) is 11.2 Å². The first kappa shape index (κ1) is 19.4. The van der Waals surface area contributed by atoms with Crippen LogP contribution in [0.3, 0.4) is 0 Å². The van der Waals surface area contributed by atoms with Crippen LogP contribution in [0, 0.1) is 0 Å². The number of imidazole rings is 1. The van der Waals surface area contributed by atoms with Crippen molar-refractivity contribution in [1.82, 2.24) is 9.38 Å². The van der Waals surface area contributed by atoms with Crippen LogP contribution < -0.4 is 10.1 Å². The summed E-state index contributed by atoms with van der Waals surface area (Å²) in [6.07, 6.45) is 3.16. The summed E-state index contributed by atoms with van der Waals surface area (Å²) in [7, 11) is 1.57. The molecule has 2 heterocycles. The van der Waals surface area contributed by atoms with Crippen molar-refractivity contribution in [2.24, 2.45) is 0 Å². The fourth-order valence-corrected chi connectivity index (χ4v) is 2.89. The van der Waals surface area contributed by atoms with E-state index in [2.05, 4.69) is 10.3 Å². The van der Waals surface area contributed by atoms with Gasteiger partial charge in [0, 0.05) is 11.9 Å². The first-order valence-corrected chi connectivity index (χ1v) is 9.21. The van der Waals surface area contributed by atoms with E-state index in [0.29, 0.717) is 47.1 Å². The van der Waals surface area contributed by atoms with Gasteiger partial charge in [0.1, 0.15) is 5.69 Å². The molecule has 7 heteroatoms. The lowest BCUT2D eigenvalue weighted by atomic mass is 10.2. The minimum atomic E-state index is -0.373. The van der Waals surface area contributed by atoms with E-state index in [1.54, 1.807) is 54.1 Å². The highest BCUT2D eigenvalue weighted by Crippen LogP contribution is 2.23. The number of carbonyl (C=O) groups is 2. The van der Waals surface area contributed by atoms with E-state index in [-0.39, 0.29) is 11.9 Å². The van der Waals surface area contributed by atoms with Gasteiger partial charge in [-0.1, -0.05) is 13.8 Å². The Morgan fingerprint density at radius 3 is 2.54 bits per heavy atom. The number of aryl methyl sites for hydroxylation is 1. The lowest BCUT2D eigenvalue weighted by molar-refractivity contribution is 0.0505. The van der Waals surface area contributed by atoms with Crippen LogP contribution in [0.5, 0.6) is 5.75 Å². The zero-order valence-electron chi connectivity index (χ0n) is 16.2. The summed E-state index contributed by atoms with van der Waals surface area (Å²) in [6.45, 7) is 4.27. The summed E-state index contributed by atoms with van der Waals surface area (Å²) in [5, 5.41) is 2.87. The molecule has 0 saturated heterocycles. The van der Waals surface area contributed by atoms with Crippen molar-refractivity contribution >= 4 is 23.2 Å². The van der Waals surface area contributed by atoms with Crippen LogP contribution in [0.1, 0.15) is 46.8 Å². The molecule has 3 rings (SSSR count). The van der Waals surface area contributed by atoms with Gasteiger partial charge in [-0.15, -0.1) is 0 Å². The number of rotatable bonds is 7. The number of amides is 1. The van der Waals surface area contributed by atoms with Crippen LogP contribution in [0.25, 0.3) is 5.65 Å². The van der Waals surface area contributed by atoms with Crippen molar-refractivity contribution in [3.05, 3.63) is 59.5 Å². The zero-order valence-corrected chi connectivity index (χ0v) is 16.2. The number of hydrogen-bond donors (Lipinski definition) is 1. The number of fused-ring (bicyclic) bond motifs is 1. The van der Waals surface area contributed by atoms with Crippen LogP contribution in [0.15, 0.2) is 42.6 Å². The van der Waals surface area contributed by atoms with Gasteiger partial charge in [-0.3, -0.25) is 9.20 Å². The van der Waals surface area contributed by atoms with Crippen LogP contribution in [0.4, 0.5) is 5.69 Å². The first-order valence-electron chi connectivity index (χ1n) is 9.21. The molecule has 0 aliphatic carbocycles. The summed E-state index contributed by atoms with van der Waals surface area (Å²) in [5.41, 5.74) is 2.77. The Balaban J connectivity index is 1.84. The van der Waals surface area contributed by atoms with Crippen LogP contribution in [-0.4, -0.2) is 35.0 Å². The molecule has 3 aromatic rings. The maximum atomic E-state index is 12.9. The van der Waals surface area contributed by atoms with Crippen molar-refractivity contribution in [3.8, 4) is 5.75 Å². The number of carbonyl (C=O) groups excluding carboxylic acids is 2. The summed E-state index contributed by atoms with van der Waals surface area (Å²) in [5.74, 6) is -0.0491. The summed E-state index contributed by atoms with van der Waals surface area (Å²) in [6, 6.07) is 10.2. The number of pyridine rings is 1. The maximum Gasteiger partial charge on any atom is 0.338 e. The molecule has 146 valence electrons. The second-order valence-electron chi connectivity index (χ2n) is 6.20. The molecule has 0 saturated carbocycles. The second kappa shape index (κ2) is 8.56. The number of aromatic nitrogens is 2. The molecule has 1 N–H and O–H groups in total. The summed E-state index contributed by atoms with van der Waals surface area (Å²) < 4.78 is 12.2. The highest BCUT2D eigenvalue weighted by molar-refractivity contribution is 6.05. The lowest BCUT2D eigenvalue weighted by Gasteiger charge is -2.08. The van der Waals surface area contributed by atoms with Gasteiger partial charge in [-0.2, -0.15) is 0 Å². The fourth-order valence-electron chi connectivity index (χ4n) is 2.89. The molecule has 2 aromatic heterocycles. The van der Waals surface area contributed by atoms with Crippen molar-refractivity contribution in [2.75, 3.05) is 19.0 Å². The largest absolute Gasteiger partial charge is 0.493 e. The Kier molecular flexibility index (Phi) is 5.93. The van der Waals surface area contributed by atoms with E-state index in [4.69, 9.17) is 9.47 Å². The van der Waals surface area contributed by atoms with Gasteiger partial charge in [0.2, 0.25) is 0 Å². The van der Waals surface area contributed by atoms with Crippen molar-refractivity contribution in [2.45, 2.75) is 26.7 Å². The van der Waals surface area contributed by atoms with E-state index in [9.17, 15) is 9.59 Å². The molecule has 0 radical (unpaired) electrons. The Bertz CT molecular complexity index is 993. The number of methoxy groups -OCH3 is 1. The molecule has 1 aromatic carbocycles. The van der Waals surface area contributed by atoms with E-state index in [0.717, 1.165) is 6.42 Å². The average molecular weight is 381 g/mol. The first-order chi connectivity index (χ1) is 13.6. The third kappa shape index (κ3) is 3.83. The smallest absolute Gasteiger partial charge is 0.338 e. The average Bonchev–Trinajstić information content (AvgIpc) is 3.11. The quantitative estimate of drug-likeness (QED) is 0.631. The predicted molar refractivity (Wildman–Crippen MR) is 106 cm³/mol. The normalized spacial score (nSPS) is 10.7. The Hall–Kier alpha value is -3.35. The Labute approximate surface area is 163 Å². The Morgan fingerprint density at radius 2 is 1.89 bits per heavy atom. The molecular weight excluding hydrogens is 358 g/mol. The highest BCUT2D eigenvalue weighted by atomic mass is 16.5. The van der Waals surface area contributed by atoms with Gasteiger partial charge < -0.3 is 14.8 Å². The standard InChI is InChI=1S/C21H23N3O4/c1-4-13-28-21(26)14-8-10-15(11-9-14)22-20(25)18-16(5-2)23-19-17(27-3)7-6-12-24(18)19/h6-12H,4-5,13H2,1-3H3,(H,22,25). The zero-order chi connectivity index (χ0) is 20.1. The van der Waals surface area contributed by atoms with Gasteiger partial charge in [-0.05, 0) is 49.2 Å². The molecule has 0 aliphatic heterocycles. The number of nitrogens with one attached hydrogen (secondary N) is 1. The molecule has 0 bridgehead atoms. The minimum absolute atomic E-state index is 0.279. The second-order valence-corrected chi connectivity index (χ2v) is 6.20. The summed E-state index contributed by atoms with van der Waals surface area (Å²) >= 11 is 0. The molecule has 0 spiro atoms. The number of nitrogens with zero attached hydrogens (tertiary/aromatic N) is 2. The molecule has 0 fully saturated rings. The molecule has 1 amide bonds. The third-order valence-electron chi connectivity index (χ3n) is 4.27. The molecule has 0 atom stereocenters. The number of esters is 1. The monoisotopic (exact) mass is 381 g/mol. The lowest BCUT2D eigenvalue weighted by Crippen LogP contribution is -2.16. The minimum Gasteiger partial charge on any atom is -0.493 e.